The van der Waals surface area contributed by atoms with Crippen LogP contribution in [0.4, 0.5) is 5.69 Å². The number of carbonyl (C=O) groups excluding carboxylic acids is 1. The summed E-state index contributed by atoms with van der Waals surface area (Å²) in [5.74, 6) is 0.179. The third kappa shape index (κ3) is 5.04. The highest BCUT2D eigenvalue weighted by Gasteiger charge is 2.29. The second-order valence-corrected chi connectivity index (χ2v) is 9.03. The second kappa shape index (κ2) is 8.66. The Kier molecular flexibility index (Phi) is 6.21. The lowest BCUT2D eigenvalue weighted by molar-refractivity contribution is -0.122. The van der Waals surface area contributed by atoms with Gasteiger partial charge in [-0.05, 0) is 39.0 Å². The maximum absolute atomic E-state index is 12.7. The van der Waals surface area contributed by atoms with Gasteiger partial charge in [0, 0.05) is 5.56 Å². The topological polar surface area (TPSA) is 105 Å². The number of benzene rings is 2. The molecule has 0 saturated carbocycles. The minimum Gasteiger partial charge on any atom is -0.345 e. The van der Waals surface area contributed by atoms with E-state index < -0.39 is 22.0 Å². The van der Waals surface area contributed by atoms with Gasteiger partial charge in [-0.25, -0.2) is 8.42 Å². The second-order valence-electron chi connectivity index (χ2n) is 7.17. The van der Waals surface area contributed by atoms with Gasteiger partial charge >= 0.3 is 0 Å². The summed E-state index contributed by atoms with van der Waals surface area (Å²) < 4.78 is 31.0. The number of aryl methyl sites for hydroxylation is 2. The lowest BCUT2D eigenvalue weighted by Crippen LogP contribution is -2.47. The summed E-state index contributed by atoms with van der Waals surface area (Å²) in [6, 6.07) is 13.6. The Hall–Kier alpha value is -3.20. The van der Waals surface area contributed by atoms with Crippen molar-refractivity contribution in [2.24, 2.45) is 0 Å². The minimum atomic E-state index is -3.67. The zero-order valence-corrected chi connectivity index (χ0v) is 18.1. The van der Waals surface area contributed by atoms with Crippen molar-refractivity contribution >= 4 is 21.6 Å². The molecule has 1 aromatic heterocycles. The van der Waals surface area contributed by atoms with Crippen LogP contribution >= 0.6 is 0 Å². The van der Waals surface area contributed by atoms with Crippen molar-refractivity contribution in [1.29, 1.82) is 0 Å². The third-order valence-electron chi connectivity index (χ3n) is 4.54. The smallest absolute Gasteiger partial charge is 0.246 e. The molecule has 0 aliphatic rings. The Bertz CT molecular complexity index is 1140. The molecular weight excluding hydrogens is 404 g/mol. The molecule has 9 heteroatoms. The summed E-state index contributed by atoms with van der Waals surface area (Å²) in [7, 11) is -3.67. The molecule has 0 aliphatic carbocycles. The van der Waals surface area contributed by atoms with Crippen LogP contribution in [-0.2, 0) is 21.4 Å². The predicted molar refractivity (Wildman–Crippen MR) is 114 cm³/mol. The van der Waals surface area contributed by atoms with Crippen molar-refractivity contribution < 1.29 is 17.7 Å². The van der Waals surface area contributed by atoms with Gasteiger partial charge in [0.25, 0.3) is 0 Å². The third-order valence-corrected chi connectivity index (χ3v) is 5.78. The average Bonchev–Trinajstić information content (AvgIpc) is 3.16. The molecule has 3 rings (SSSR count). The normalized spacial score (nSPS) is 12.4. The van der Waals surface area contributed by atoms with Gasteiger partial charge in [0.05, 0.1) is 18.5 Å². The maximum Gasteiger partial charge on any atom is 0.246 e. The Morgan fingerprint density at radius 1 is 1.13 bits per heavy atom. The van der Waals surface area contributed by atoms with E-state index in [0.717, 1.165) is 27.3 Å². The fraction of sp³-hybridized carbons (Fsp3) is 0.286. The molecule has 8 nitrogen and oxygen atoms in total. The van der Waals surface area contributed by atoms with Crippen molar-refractivity contribution in [2.75, 3.05) is 10.6 Å². The summed E-state index contributed by atoms with van der Waals surface area (Å²) in [5, 5.41) is 6.60. The molecule has 0 fully saturated rings. The van der Waals surface area contributed by atoms with Crippen LogP contribution in [0.3, 0.4) is 0 Å². The van der Waals surface area contributed by atoms with Crippen LogP contribution in [0.1, 0.15) is 23.9 Å². The molecule has 0 aliphatic heterocycles. The van der Waals surface area contributed by atoms with E-state index in [2.05, 4.69) is 15.5 Å². The van der Waals surface area contributed by atoms with E-state index in [1.54, 1.807) is 24.3 Å². The molecular formula is C21H24N4O4S. The number of anilines is 1. The number of rotatable bonds is 7. The molecule has 0 radical (unpaired) electrons. The van der Waals surface area contributed by atoms with Crippen LogP contribution in [0, 0.1) is 13.8 Å². The Morgan fingerprint density at radius 2 is 1.83 bits per heavy atom. The summed E-state index contributed by atoms with van der Waals surface area (Å²) in [4.78, 5) is 16.9. The number of sulfonamides is 1. The molecule has 0 unspecified atom stereocenters. The van der Waals surface area contributed by atoms with Crippen molar-refractivity contribution in [3.8, 4) is 11.4 Å². The van der Waals surface area contributed by atoms with E-state index in [-0.39, 0.29) is 12.4 Å². The van der Waals surface area contributed by atoms with Gasteiger partial charge in [-0.1, -0.05) is 46.6 Å². The number of hydrogen-bond donors (Lipinski definition) is 1. The lowest BCUT2D eigenvalue weighted by atomic mass is 10.1. The SMILES string of the molecule is Cc1ccc(N([C@H](C)C(=O)NCc2nc(-c3cccc(C)c3)no2)S(C)(=O)=O)cc1. The monoisotopic (exact) mass is 428 g/mol. The first-order valence-corrected chi connectivity index (χ1v) is 11.2. The fourth-order valence-corrected chi connectivity index (χ4v) is 4.21. The van der Waals surface area contributed by atoms with E-state index in [1.165, 1.54) is 6.92 Å². The van der Waals surface area contributed by atoms with Crippen molar-refractivity contribution in [1.82, 2.24) is 15.5 Å². The van der Waals surface area contributed by atoms with E-state index in [4.69, 9.17) is 4.52 Å². The average molecular weight is 429 g/mol. The van der Waals surface area contributed by atoms with Gasteiger partial charge in [-0.3, -0.25) is 9.10 Å². The molecule has 0 saturated heterocycles. The molecule has 1 heterocycles. The highest BCUT2D eigenvalue weighted by atomic mass is 32.2. The Morgan fingerprint density at radius 3 is 2.47 bits per heavy atom. The highest BCUT2D eigenvalue weighted by Crippen LogP contribution is 2.21. The summed E-state index contributed by atoms with van der Waals surface area (Å²) in [5.41, 5.74) is 3.29. The van der Waals surface area contributed by atoms with Crippen LogP contribution in [0.5, 0.6) is 0 Å². The molecule has 0 bridgehead atoms. The van der Waals surface area contributed by atoms with Crippen LogP contribution < -0.4 is 9.62 Å². The fourth-order valence-electron chi connectivity index (χ4n) is 3.04. The van der Waals surface area contributed by atoms with Gasteiger partial charge in [0.2, 0.25) is 27.6 Å². The largest absolute Gasteiger partial charge is 0.345 e. The first-order chi connectivity index (χ1) is 14.1. The molecule has 0 spiro atoms. The number of aromatic nitrogens is 2. The van der Waals surface area contributed by atoms with E-state index in [0.29, 0.717) is 11.5 Å². The molecule has 2 aromatic carbocycles. The molecule has 30 heavy (non-hydrogen) atoms. The number of nitrogens with one attached hydrogen (secondary N) is 1. The molecule has 1 amide bonds. The number of carbonyl (C=O) groups is 1. The van der Waals surface area contributed by atoms with Gasteiger partial charge in [0.15, 0.2) is 0 Å². The van der Waals surface area contributed by atoms with Crippen molar-refractivity contribution in [3.05, 3.63) is 65.5 Å². The molecule has 158 valence electrons. The van der Waals surface area contributed by atoms with Crippen molar-refractivity contribution in [3.63, 3.8) is 0 Å². The quantitative estimate of drug-likeness (QED) is 0.620. The van der Waals surface area contributed by atoms with E-state index in [9.17, 15) is 13.2 Å². The number of amides is 1. The Labute approximate surface area is 176 Å². The van der Waals surface area contributed by atoms with Gasteiger partial charge < -0.3 is 9.84 Å². The van der Waals surface area contributed by atoms with Gasteiger partial charge in [-0.2, -0.15) is 4.98 Å². The maximum atomic E-state index is 12.7. The first-order valence-electron chi connectivity index (χ1n) is 9.38. The van der Waals surface area contributed by atoms with Crippen LogP contribution in [-0.4, -0.2) is 36.8 Å². The lowest BCUT2D eigenvalue weighted by Gasteiger charge is -2.28. The first kappa shape index (κ1) is 21.5. The minimum absolute atomic E-state index is 0.00646. The van der Waals surface area contributed by atoms with Crippen molar-refractivity contribution in [2.45, 2.75) is 33.4 Å². The number of hydrogen-bond acceptors (Lipinski definition) is 6. The number of nitrogens with zero attached hydrogens (tertiary/aromatic N) is 3. The van der Waals surface area contributed by atoms with Crippen LogP contribution in [0.15, 0.2) is 53.1 Å². The van der Waals surface area contributed by atoms with Crippen LogP contribution in [0.25, 0.3) is 11.4 Å². The van der Waals surface area contributed by atoms with E-state index in [1.807, 2.05) is 38.1 Å². The zero-order valence-electron chi connectivity index (χ0n) is 17.3. The summed E-state index contributed by atoms with van der Waals surface area (Å²) in [6.45, 7) is 5.39. The summed E-state index contributed by atoms with van der Waals surface area (Å²) in [6.07, 6.45) is 1.07. The molecule has 3 aromatic rings. The summed E-state index contributed by atoms with van der Waals surface area (Å²) >= 11 is 0. The van der Waals surface area contributed by atoms with E-state index >= 15 is 0 Å². The Balaban J connectivity index is 1.71. The predicted octanol–water partition coefficient (Wildman–Crippen LogP) is 2.82. The molecule has 1 N–H and O–H groups in total. The van der Waals surface area contributed by atoms with Gasteiger partial charge in [0.1, 0.15) is 6.04 Å². The van der Waals surface area contributed by atoms with Crippen LogP contribution in [0.2, 0.25) is 0 Å². The standard InChI is InChI=1S/C21H24N4O4S/c1-14-8-10-18(11-9-14)25(30(4,27)28)16(3)21(26)22-13-19-23-20(24-29-19)17-7-5-6-15(2)12-17/h5-12,16H,13H2,1-4H3,(H,22,26)/t16-/m1/s1. The highest BCUT2D eigenvalue weighted by molar-refractivity contribution is 7.92. The van der Waals surface area contributed by atoms with Gasteiger partial charge in [-0.15, -0.1) is 0 Å². The molecule has 1 atom stereocenters. The zero-order chi connectivity index (χ0) is 21.9.